The van der Waals surface area contributed by atoms with Gasteiger partial charge in [-0.1, -0.05) is 36.4 Å². The van der Waals surface area contributed by atoms with Crippen molar-refractivity contribution >= 4 is 22.6 Å². The third kappa shape index (κ3) is 4.70. The fourth-order valence-corrected chi connectivity index (χ4v) is 4.80. The Hall–Kier alpha value is -3.12. The Morgan fingerprint density at radius 2 is 1.97 bits per heavy atom. The molecule has 6 heteroatoms. The zero-order valence-corrected chi connectivity index (χ0v) is 18.5. The highest BCUT2D eigenvalue weighted by Crippen LogP contribution is 2.25. The van der Waals surface area contributed by atoms with Crippen LogP contribution < -0.4 is 5.32 Å². The number of benzene rings is 1. The maximum atomic E-state index is 13.1. The van der Waals surface area contributed by atoms with Gasteiger partial charge in [-0.2, -0.15) is 0 Å². The van der Waals surface area contributed by atoms with E-state index in [9.17, 15) is 4.79 Å². The van der Waals surface area contributed by atoms with E-state index in [1.807, 2.05) is 29.4 Å². The number of fused-ring (bicyclic) bond motifs is 1. The van der Waals surface area contributed by atoms with Crippen LogP contribution in [-0.4, -0.2) is 58.5 Å². The molecule has 1 unspecified atom stereocenters. The molecule has 0 aliphatic carbocycles. The molecule has 32 heavy (non-hydrogen) atoms. The van der Waals surface area contributed by atoms with Crippen LogP contribution in [0.3, 0.4) is 0 Å². The number of urea groups is 1. The fraction of sp³-hybridized carbons (Fsp3) is 0.385. The van der Waals surface area contributed by atoms with Crippen LogP contribution in [0.2, 0.25) is 0 Å². The number of carbonyl (C=O) groups is 1. The molecule has 166 valence electrons. The molecular weight excluding hydrogens is 398 g/mol. The maximum absolute atomic E-state index is 13.1. The predicted molar refractivity (Wildman–Crippen MR) is 128 cm³/mol. The van der Waals surface area contributed by atoms with Gasteiger partial charge in [0.1, 0.15) is 5.65 Å². The van der Waals surface area contributed by atoms with E-state index in [2.05, 4.69) is 56.6 Å². The van der Waals surface area contributed by atoms with Crippen LogP contribution in [0.4, 0.5) is 4.79 Å². The summed E-state index contributed by atoms with van der Waals surface area (Å²) >= 11 is 0. The van der Waals surface area contributed by atoms with Crippen LogP contribution in [0, 0.1) is 0 Å². The first kappa shape index (κ1) is 20.8. The number of carbonyl (C=O) groups excluding carboxylic acids is 1. The monoisotopic (exact) mass is 429 g/mol. The number of likely N-dealkylation sites (tertiary alicyclic amines) is 1. The van der Waals surface area contributed by atoms with Gasteiger partial charge in [0.05, 0.1) is 6.04 Å². The lowest BCUT2D eigenvalue weighted by Crippen LogP contribution is -2.44. The third-order valence-corrected chi connectivity index (χ3v) is 6.70. The molecule has 0 spiro atoms. The lowest BCUT2D eigenvalue weighted by atomic mass is 10.0. The molecule has 2 aromatic heterocycles. The number of H-pyrrole nitrogens is 1. The Bertz CT molecular complexity index is 1080. The summed E-state index contributed by atoms with van der Waals surface area (Å²) in [7, 11) is 0. The van der Waals surface area contributed by atoms with Crippen molar-refractivity contribution in [3.05, 3.63) is 72.1 Å². The van der Waals surface area contributed by atoms with Crippen LogP contribution in [0.15, 0.2) is 60.9 Å². The molecule has 5 rings (SSSR count). The van der Waals surface area contributed by atoms with E-state index >= 15 is 0 Å². The standard InChI is InChI=1S/C26H31N5O/c32-26(29-24(21-6-2-1-3-7-21)11-15-30-13-4-5-14-30)31-16-9-20(10-17-31)23-18-22-8-12-27-25(22)28-19-23/h1-3,6-9,12,18-19,24H,4-5,10-11,13-17H2,(H,27,28)(H,29,32). The SMILES string of the molecule is O=C(NC(CCN1CCCC1)c1ccccc1)N1CC=C(c2cnc3[nH]ccc3c2)CC1. The molecule has 1 fully saturated rings. The summed E-state index contributed by atoms with van der Waals surface area (Å²) < 4.78 is 0. The molecule has 3 aromatic rings. The Balaban J connectivity index is 1.23. The minimum atomic E-state index is 0.0230. The average molecular weight is 430 g/mol. The van der Waals surface area contributed by atoms with Crippen LogP contribution in [0.1, 0.15) is 42.9 Å². The van der Waals surface area contributed by atoms with Gasteiger partial charge in [-0.05, 0) is 67.6 Å². The minimum absolute atomic E-state index is 0.0230. The second-order valence-corrected chi connectivity index (χ2v) is 8.82. The highest BCUT2D eigenvalue weighted by molar-refractivity contribution is 5.81. The highest BCUT2D eigenvalue weighted by Gasteiger charge is 2.23. The predicted octanol–water partition coefficient (Wildman–Crippen LogP) is 4.59. The quantitative estimate of drug-likeness (QED) is 0.602. The molecule has 2 amide bonds. The summed E-state index contributed by atoms with van der Waals surface area (Å²) in [6.07, 6.45) is 10.4. The number of hydrogen-bond acceptors (Lipinski definition) is 3. The molecule has 1 saturated heterocycles. The summed E-state index contributed by atoms with van der Waals surface area (Å²) in [5, 5.41) is 4.43. The van der Waals surface area contributed by atoms with Crippen LogP contribution >= 0.6 is 0 Å². The van der Waals surface area contributed by atoms with Crippen molar-refractivity contribution in [1.29, 1.82) is 0 Å². The molecule has 6 nitrogen and oxygen atoms in total. The van der Waals surface area contributed by atoms with E-state index in [1.165, 1.54) is 37.1 Å². The number of pyridine rings is 1. The number of aromatic nitrogens is 2. The molecule has 2 N–H and O–H groups in total. The first-order chi connectivity index (χ1) is 15.8. The average Bonchev–Trinajstić information content (AvgIpc) is 3.54. The Morgan fingerprint density at radius 3 is 2.75 bits per heavy atom. The first-order valence-electron chi connectivity index (χ1n) is 11.7. The maximum Gasteiger partial charge on any atom is 0.318 e. The van der Waals surface area contributed by atoms with Crippen molar-refractivity contribution in [2.75, 3.05) is 32.7 Å². The number of rotatable bonds is 6. The van der Waals surface area contributed by atoms with Gasteiger partial charge in [0.15, 0.2) is 0 Å². The van der Waals surface area contributed by atoms with E-state index in [-0.39, 0.29) is 12.1 Å². The van der Waals surface area contributed by atoms with Crippen molar-refractivity contribution < 1.29 is 4.79 Å². The molecular formula is C26H31N5O. The lowest BCUT2D eigenvalue weighted by Gasteiger charge is -2.30. The summed E-state index contributed by atoms with van der Waals surface area (Å²) in [6, 6.07) is 14.6. The lowest BCUT2D eigenvalue weighted by molar-refractivity contribution is 0.196. The largest absolute Gasteiger partial charge is 0.346 e. The van der Waals surface area contributed by atoms with E-state index < -0.39 is 0 Å². The van der Waals surface area contributed by atoms with Crippen molar-refractivity contribution in [3.63, 3.8) is 0 Å². The molecule has 4 heterocycles. The van der Waals surface area contributed by atoms with Crippen molar-refractivity contribution in [2.45, 2.75) is 31.7 Å². The molecule has 2 aliphatic rings. The summed E-state index contributed by atoms with van der Waals surface area (Å²) in [5.74, 6) is 0. The van der Waals surface area contributed by atoms with Crippen molar-refractivity contribution in [1.82, 2.24) is 25.1 Å². The second kappa shape index (κ2) is 9.57. The first-order valence-corrected chi connectivity index (χ1v) is 11.7. The summed E-state index contributed by atoms with van der Waals surface area (Å²) in [5.41, 5.74) is 4.49. The van der Waals surface area contributed by atoms with Gasteiger partial charge in [0.2, 0.25) is 0 Å². The van der Waals surface area contributed by atoms with Gasteiger partial charge in [-0.3, -0.25) is 0 Å². The Kier molecular flexibility index (Phi) is 6.21. The Labute approximate surface area is 189 Å². The van der Waals surface area contributed by atoms with Crippen LogP contribution in [0.5, 0.6) is 0 Å². The van der Waals surface area contributed by atoms with Crippen molar-refractivity contribution in [3.8, 4) is 0 Å². The molecule has 2 aliphatic heterocycles. The van der Waals surface area contributed by atoms with E-state index in [1.54, 1.807) is 0 Å². The van der Waals surface area contributed by atoms with Gasteiger partial charge >= 0.3 is 6.03 Å². The summed E-state index contributed by atoms with van der Waals surface area (Å²) in [4.78, 5) is 25.2. The van der Waals surface area contributed by atoms with Gasteiger partial charge in [0.25, 0.3) is 0 Å². The molecule has 1 atom stereocenters. The van der Waals surface area contributed by atoms with E-state index in [0.717, 1.165) is 42.5 Å². The van der Waals surface area contributed by atoms with E-state index in [0.29, 0.717) is 6.54 Å². The third-order valence-electron chi connectivity index (χ3n) is 6.70. The van der Waals surface area contributed by atoms with Crippen LogP contribution in [-0.2, 0) is 0 Å². The van der Waals surface area contributed by atoms with Crippen molar-refractivity contribution in [2.24, 2.45) is 0 Å². The molecule has 1 aromatic carbocycles. The number of nitrogens with zero attached hydrogens (tertiary/aromatic N) is 3. The molecule has 0 bridgehead atoms. The number of amides is 2. The number of nitrogens with one attached hydrogen (secondary N) is 2. The summed E-state index contributed by atoms with van der Waals surface area (Å²) in [6.45, 7) is 4.73. The smallest absolute Gasteiger partial charge is 0.318 e. The van der Waals surface area contributed by atoms with Crippen LogP contribution in [0.25, 0.3) is 16.6 Å². The minimum Gasteiger partial charge on any atom is -0.346 e. The Morgan fingerprint density at radius 1 is 1.12 bits per heavy atom. The van der Waals surface area contributed by atoms with Gasteiger partial charge in [-0.25, -0.2) is 9.78 Å². The number of aromatic amines is 1. The second-order valence-electron chi connectivity index (χ2n) is 8.82. The number of hydrogen-bond donors (Lipinski definition) is 2. The van der Waals surface area contributed by atoms with Gasteiger partial charge < -0.3 is 20.1 Å². The highest BCUT2D eigenvalue weighted by atomic mass is 16.2. The van der Waals surface area contributed by atoms with Gasteiger partial charge in [0, 0.05) is 37.4 Å². The topological polar surface area (TPSA) is 64.3 Å². The zero-order valence-electron chi connectivity index (χ0n) is 18.5. The molecule has 0 saturated carbocycles. The fourth-order valence-electron chi connectivity index (χ4n) is 4.80. The normalized spacial score (nSPS) is 18.0. The van der Waals surface area contributed by atoms with Gasteiger partial charge in [-0.15, -0.1) is 0 Å². The van der Waals surface area contributed by atoms with E-state index in [4.69, 9.17) is 0 Å². The molecule has 0 radical (unpaired) electrons. The zero-order chi connectivity index (χ0) is 21.8.